The van der Waals surface area contributed by atoms with Crippen molar-refractivity contribution in [2.45, 2.75) is 37.9 Å². The fourth-order valence-electron chi connectivity index (χ4n) is 2.05. The predicted molar refractivity (Wildman–Crippen MR) is 77.6 cm³/mol. The van der Waals surface area contributed by atoms with Gasteiger partial charge in [-0.2, -0.15) is 0 Å². The Hall–Kier alpha value is -1.89. The number of carboxylic acid groups (broad SMARTS) is 1. The molecular weight excluding hydrogens is 294 g/mol. The highest BCUT2D eigenvalue weighted by atomic mass is 32.2. The molecule has 0 bridgehead atoms. The minimum atomic E-state index is -2.77. The molecule has 1 aromatic carbocycles. The fraction of sp³-hybridized carbons (Fsp3) is 0.429. The Morgan fingerprint density at radius 3 is 2.43 bits per heavy atom. The van der Waals surface area contributed by atoms with E-state index in [9.17, 15) is 13.8 Å². The zero-order chi connectivity index (χ0) is 15.8. The molecule has 0 fully saturated rings. The molecule has 1 N–H and O–H groups in total. The van der Waals surface area contributed by atoms with Gasteiger partial charge < -0.3 is 9.84 Å². The van der Waals surface area contributed by atoms with Gasteiger partial charge in [0, 0.05) is 0 Å². The number of carbonyl (C=O) groups is 2. The van der Waals surface area contributed by atoms with Gasteiger partial charge in [-0.1, -0.05) is 6.07 Å². The van der Waals surface area contributed by atoms with Crippen molar-refractivity contribution >= 4 is 21.8 Å². The lowest BCUT2D eigenvalue weighted by molar-refractivity contribution is 0.0606. The maximum absolute atomic E-state index is 12.6. The van der Waals surface area contributed by atoms with E-state index in [1.165, 1.54) is 12.1 Å². The summed E-state index contributed by atoms with van der Waals surface area (Å²) in [5.41, 5.74) is 0.859. The second-order valence-electron chi connectivity index (χ2n) is 5.92. The Balaban J connectivity index is 2.27. The number of carbonyl (C=O) groups excluding carboxylic acids is 1. The maximum Gasteiger partial charge on any atom is 0.442 e. The van der Waals surface area contributed by atoms with Crippen molar-refractivity contribution in [1.82, 2.24) is 0 Å². The Morgan fingerprint density at radius 2 is 1.86 bits per heavy atom. The number of nitrogens with zero attached hydrogens (tertiary/aromatic N) is 1. The number of ether oxygens (including phenoxy) is 1. The molecule has 1 aromatic rings. The van der Waals surface area contributed by atoms with Gasteiger partial charge in [0.25, 0.3) is 0 Å². The van der Waals surface area contributed by atoms with E-state index >= 15 is 0 Å². The van der Waals surface area contributed by atoms with E-state index in [1.807, 2.05) is 0 Å². The first-order valence-corrected chi connectivity index (χ1v) is 8.24. The van der Waals surface area contributed by atoms with Crippen LogP contribution in [0.1, 0.15) is 42.3 Å². The smallest absolute Gasteiger partial charge is 0.442 e. The van der Waals surface area contributed by atoms with Crippen molar-refractivity contribution < 1.29 is 23.6 Å². The van der Waals surface area contributed by atoms with E-state index in [2.05, 4.69) is 4.36 Å². The number of rotatable bonds is 1. The van der Waals surface area contributed by atoms with Crippen LogP contribution in [0.2, 0.25) is 0 Å². The highest BCUT2D eigenvalue weighted by Crippen LogP contribution is 2.28. The topological polar surface area (TPSA) is 93.0 Å². The third-order valence-corrected chi connectivity index (χ3v) is 4.86. The number of amides is 1. The van der Waals surface area contributed by atoms with Crippen molar-refractivity contribution in [1.29, 1.82) is 0 Å². The number of fused-ring (bicyclic) bond motifs is 1. The molecule has 2 rings (SSSR count). The zero-order valence-corrected chi connectivity index (χ0v) is 12.9. The summed E-state index contributed by atoms with van der Waals surface area (Å²) in [4.78, 5) is 22.6. The molecule has 6 nitrogen and oxygen atoms in total. The van der Waals surface area contributed by atoms with Crippen LogP contribution in [-0.2, 0) is 26.0 Å². The van der Waals surface area contributed by atoms with Gasteiger partial charge in [-0.3, -0.25) is 0 Å². The molecule has 114 valence electrons. The van der Waals surface area contributed by atoms with Gasteiger partial charge in [0.2, 0.25) is 0 Å². The minimum absolute atomic E-state index is 0.0721. The quantitative estimate of drug-likeness (QED) is 0.860. The molecule has 1 aliphatic rings. The van der Waals surface area contributed by atoms with Gasteiger partial charge in [0.05, 0.1) is 26.8 Å². The Bertz CT molecular complexity index is 723. The van der Waals surface area contributed by atoms with E-state index in [-0.39, 0.29) is 17.1 Å². The van der Waals surface area contributed by atoms with E-state index < -0.39 is 27.4 Å². The van der Waals surface area contributed by atoms with E-state index in [0.29, 0.717) is 5.56 Å². The van der Waals surface area contributed by atoms with Crippen LogP contribution in [0.5, 0.6) is 0 Å². The lowest BCUT2D eigenvalue weighted by Crippen LogP contribution is -2.22. The average Bonchev–Trinajstić information content (AvgIpc) is 2.59. The lowest BCUT2D eigenvalue weighted by atomic mass is 10.1. The first-order valence-electron chi connectivity index (χ1n) is 6.39. The highest BCUT2D eigenvalue weighted by Gasteiger charge is 2.26. The van der Waals surface area contributed by atoms with E-state index in [0.717, 1.165) is 5.56 Å². The third-order valence-electron chi connectivity index (χ3n) is 2.85. The number of aromatic carboxylic acids is 1. The van der Waals surface area contributed by atoms with Crippen LogP contribution in [0.3, 0.4) is 0 Å². The predicted octanol–water partition coefficient (Wildman–Crippen LogP) is 2.80. The first-order chi connectivity index (χ1) is 9.58. The Kier molecular flexibility index (Phi) is 3.79. The molecule has 1 atom stereocenters. The van der Waals surface area contributed by atoms with Crippen molar-refractivity contribution in [3.05, 3.63) is 34.9 Å². The molecule has 1 heterocycles. The van der Waals surface area contributed by atoms with Crippen LogP contribution in [-0.4, -0.2) is 27.0 Å². The maximum atomic E-state index is 12.6. The van der Waals surface area contributed by atoms with Crippen LogP contribution >= 0.6 is 0 Å². The summed E-state index contributed by atoms with van der Waals surface area (Å²) in [6.45, 7) is 5.11. The van der Waals surface area contributed by atoms with Crippen LogP contribution in [0.4, 0.5) is 4.79 Å². The molecule has 0 saturated carbocycles. The summed E-state index contributed by atoms with van der Waals surface area (Å²) < 4.78 is 21.4. The fourth-order valence-corrected chi connectivity index (χ4v) is 4.11. The van der Waals surface area contributed by atoms with Crippen LogP contribution in [0, 0.1) is 0 Å². The largest absolute Gasteiger partial charge is 0.478 e. The van der Waals surface area contributed by atoms with Gasteiger partial charge >= 0.3 is 12.1 Å². The lowest BCUT2D eigenvalue weighted by Gasteiger charge is -2.17. The Labute approximate surface area is 123 Å². The van der Waals surface area contributed by atoms with Crippen molar-refractivity contribution in [3.63, 3.8) is 0 Å². The van der Waals surface area contributed by atoms with Gasteiger partial charge in [-0.05, 0) is 44.0 Å². The normalized spacial score (nSPS) is 20.7. The average molecular weight is 311 g/mol. The van der Waals surface area contributed by atoms with Gasteiger partial charge in [-0.15, -0.1) is 4.36 Å². The molecule has 21 heavy (non-hydrogen) atoms. The third kappa shape index (κ3) is 3.81. The second-order valence-corrected chi connectivity index (χ2v) is 8.23. The standard InChI is InChI=1S/C14H17NO5S/c1-14(2,3)20-13(18)15-21(19)7-10-5-4-9(12(16)17)6-11(10)8-21/h4-6H,7-8H2,1-3H3,(H,16,17). The summed E-state index contributed by atoms with van der Waals surface area (Å²) >= 11 is 0. The summed E-state index contributed by atoms with van der Waals surface area (Å²) in [5, 5.41) is 8.95. The number of hydrogen-bond acceptors (Lipinski definition) is 4. The summed E-state index contributed by atoms with van der Waals surface area (Å²) in [6.07, 6.45) is -0.848. The molecule has 0 aliphatic carbocycles. The minimum Gasteiger partial charge on any atom is -0.478 e. The SMILES string of the molecule is CC(C)(C)OC(=O)N=S1(=O)Cc2ccc(C(=O)O)cc2C1. The molecule has 0 saturated heterocycles. The zero-order valence-electron chi connectivity index (χ0n) is 12.1. The molecule has 1 amide bonds. The summed E-state index contributed by atoms with van der Waals surface area (Å²) in [6, 6.07) is 4.56. The van der Waals surface area contributed by atoms with Gasteiger partial charge in [-0.25, -0.2) is 13.8 Å². The van der Waals surface area contributed by atoms with E-state index in [1.54, 1.807) is 26.8 Å². The van der Waals surface area contributed by atoms with Crippen LogP contribution < -0.4 is 0 Å². The molecule has 1 aliphatic heterocycles. The number of hydrogen-bond donors (Lipinski definition) is 1. The number of benzene rings is 1. The monoisotopic (exact) mass is 311 g/mol. The van der Waals surface area contributed by atoms with E-state index in [4.69, 9.17) is 9.84 Å². The van der Waals surface area contributed by atoms with Crippen molar-refractivity contribution in [2.75, 3.05) is 0 Å². The first kappa shape index (κ1) is 15.5. The van der Waals surface area contributed by atoms with Gasteiger partial charge in [0.15, 0.2) is 0 Å². The van der Waals surface area contributed by atoms with Crippen molar-refractivity contribution in [3.8, 4) is 0 Å². The second kappa shape index (κ2) is 5.14. The van der Waals surface area contributed by atoms with Crippen molar-refractivity contribution in [2.24, 2.45) is 4.36 Å². The summed E-state index contributed by atoms with van der Waals surface area (Å²) in [5.74, 6) is -0.829. The van der Waals surface area contributed by atoms with Gasteiger partial charge in [0.1, 0.15) is 5.60 Å². The molecule has 0 aromatic heterocycles. The highest BCUT2D eigenvalue weighted by molar-refractivity contribution is 7.92. The molecule has 7 heteroatoms. The molecule has 1 unspecified atom stereocenters. The molecular formula is C14H17NO5S. The van der Waals surface area contributed by atoms with Crippen LogP contribution in [0.25, 0.3) is 0 Å². The molecule has 0 spiro atoms. The Morgan fingerprint density at radius 1 is 1.24 bits per heavy atom. The van der Waals surface area contributed by atoms with Crippen LogP contribution in [0.15, 0.2) is 22.6 Å². The summed E-state index contributed by atoms with van der Waals surface area (Å²) in [7, 11) is -2.77. The number of carboxylic acids is 1. The molecule has 0 radical (unpaired) electrons.